The molecule has 2 aromatic rings. The summed E-state index contributed by atoms with van der Waals surface area (Å²) in [7, 11) is 6.14. The van der Waals surface area contributed by atoms with Gasteiger partial charge in [-0.3, -0.25) is 0 Å². The maximum Gasteiger partial charge on any atom is 0.163 e. The molecule has 6 nitrogen and oxygen atoms in total. The standard InChI is InChI=1S/C16H24N4O2/c1-17-5-4-16-18-12-10-14-15(22-9-8-21-14)11-13(12)20(16)7-6-19(2)3/h10-11,17H,4-9H2,1-3H3. The minimum absolute atomic E-state index is 0.604. The number of ether oxygens (including phenoxy) is 2. The van der Waals surface area contributed by atoms with Crippen LogP contribution in [0.2, 0.25) is 0 Å². The summed E-state index contributed by atoms with van der Waals surface area (Å²) < 4.78 is 13.7. The Bertz CT molecular complexity index is 651. The number of aromatic nitrogens is 2. The molecule has 3 rings (SSSR count). The monoisotopic (exact) mass is 304 g/mol. The lowest BCUT2D eigenvalue weighted by molar-refractivity contribution is 0.172. The molecule has 2 heterocycles. The van der Waals surface area contributed by atoms with Crippen molar-refractivity contribution in [3.05, 3.63) is 18.0 Å². The van der Waals surface area contributed by atoms with Crippen molar-refractivity contribution in [2.24, 2.45) is 0 Å². The van der Waals surface area contributed by atoms with Crippen molar-refractivity contribution < 1.29 is 9.47 Å². The number of nitrogens with zero attached hydrogens (tertiary/aromatic N) is 3. The predicted octanol–water partition coefficient (Wildman–Crippen LogP) is 1.13. The van der Waals surface area contributed by atoms with Gasteiger partial charge in [0.1, 0.15) is 19.0 Å². The molecule has 120 valence electrons. The van der Waals surface area contributed by atoms with E-state index in [1.54, 1.807) is 0 Å². The number of nitrogens with one attached hydrogen (secondary N) is 1. The summed E-state index contributed by atoms with van der Waals surface area (Å²) in [6.45, 7) is 4.02. The van der Waals surface area contributed by atoms with Crippen molar-refractivity contribution in [3.8, 4) is 11.5 Å². The summed E-state index contributed by atoms with van der Waals surface area (Å²) in [4.78, 5) is 6.99. The molecular weight excluding hydrogens is 280 g/mol. The van der Waals surface area contributed by atoms with E-state index in [1.807, 2.05) is 13.1 Å². The normalized spacial score (nSPS) is 14.0. The molecule has 1 aliphatic rings. The summed E-state index contributed by atoms with van der Waals surface area (Å²) in [6.07, 6.45) is 0.908. The third-order valence-electron chi connectivity index (χ3n) is 3.86. The maximum atomic E-state index is 5.71. The van der Waals surface area contributed by atoms with Crippen LogP contribution < -0.4 is 14.8 Å². The largest absolute Gasteiger partial charge is 0.486 e. The van der Waals surface area contributed by atoms with Gasteiger partial charge in [0.2, 0.25) is 0 Å². The Kier molecular flexibility index (Phi) is 4.49. The van der Waals surface area contributed by atoms with E-state index in [2.05, 4.69) is 34.9 Å². The van der Waals surface area contributed by atoms with Gasteiger partial charge >= 0.3 is 0 Å². The van der Waals surface area contributed by atoms with Gasteiger partial charge < -0.3 is 24.3 Å². The first kappa shape index (κ1) is 15.1. The van der Waals surface area contributed by atoms with Crippen molar-refractivity contribution in [2.75, 3.05) is 47.4 Å². The molecule has 0 bridgehead atoms. The zero-order chi connectivity index (χ0) is 15.5. The fraction of sp³-hybridized carbons (Fsp3) is 0.562. The SMILES string of the molecule is CNCCc1nc2cc3c(cc2n1CCN(C)C)OCCO3. The smallest absolute Gasteiger partial charge is 0.163 e. The Balaban J connectivity index is 2.01. The van der Waals surface area contributed by atoms with Crippen LogP contribution in [-0.4, -0.2) is 61.9 Å². The Hall–Kier alpha value is -1.79. The number of rotatable bonds is 6. The number of imidazole rings is 1. The Morgan fingerprint density at radius 1 is 1.23 bits per heavy atom. The van der Waals surface area contributed by atoms with Crippen LogP contribution in [0, 0.1) is 0 Å². The Morgan fingerprint density at radius 2 is 1.95 bits per heavy atom. The summed E-state index contributed by atoms with van der Waals surface area (Å²) in [5.41, 5.74) is 2.10. The number of fused-ring (bicyclic) bond motifs is 2. The molecular formula is C16H24N4O2. The fourth-order valence-corrected chi connectivity index (χ4v) is 2.69. The highest BCUT2D eigenvalue weighted by molar-refractivity contribution is 5.80. The highest BCUT2D eigenvalue weighted by atomic mass is 16.6. The lowest BCUT2D eigenvalue weighted by Gasteiger charge is -2.18. The van der Waals surface area contributed by atoms with Gasteiger partial charge in [0, 0.05) is 38.2 Å². The van der Waals surface area contributed by atoms with Crippen molar-refractivity contribution in [1.82, 2.24) is 19.8 Å². The van der Waals surface area contributed by atoms with Crippen LogP contribution in [0.3, 0.4) is 0 Å². The molecule has 0 spiro atoms. The number of likely N-dealkylation sites (N-methyl/N-ethyl adjacent to an activating group) is 2. The van der Waals surface area contributed by atoms with Gasteiger partial charge in [0.05, 0.1) is 11.0 Å². The van der Waals surface area contributed by atoms with Crippen LogP contribution in [0.4, 0.5) is 0 Å². The van der Waals surface area contributed by atoms with Gasteiger partial charge in [-0.05, 0) is 21.1 Å². The van der Waals surface area contributed by atoms with Crippen LogP contribution in [0.25, 0.3) is 11.0 Å². The quantitative estimate of drug-likeness (QED) is 0.867. The molecule has 0 atom stereocenters. The molecule has 1 N–H and O–H groups in total. The predicted molar refractivity (Wildman–Crippen MR) is 86.9 cm³/mol. The highest BCUT2D eigenvalue weighted by Crippen LogP contribution is 2.34. The molecule has 0 aliphatic carbocycles. The van der Waals surface area contributed by atoms with Crippen molar-refractivity contribution >= 4 is 11.0 Å². The molecule has 1 aromatic heterocycles. The van der Waals surface area contributed by atoms with Crippen LogP contribution in [-0.2, 0) is 13.0 Å². The molecule has 0 amide bonds. The van der Waals surface area contributed by atoms with Gasteiger partial charge in [-0.2, -0.15) is 0 Å². The van der Waals surface area contributed by atoms with E-state index in [0.717, 1.165) is 54.4 Å². The summed E-state index contributed by atoms with van der Waals surface area (Å²) >= 11 is 0. The first-order chi connectivity index (χ1) is 10.7. The number of hydrogen-bond donors (Lipinski definition) is 1. The molecule has 6 heteroatoms. The van der Waals surface area contributed by atoms with Gasteiger partial charge in [-0.25, -0.2) is 4.98 Å². The van der Waals surface area contributed by atoms with Gasteiger partial charge in [0.15, 0.2) is 11.5 Å². The van der Waals surface area contributed by atoms with E-state index in [4.69, 9.17) is 14.5 Å². The molecule has 0 saturated carbocycles. The van der Waals surface area contributed by atoms with Gasteiger partial charge in [-0.1, -0.05) is 0 Å². The number of hydrogen-bond acceptors (Lipinski definition) is 5. The van der Waals surface area contributed by atoms with Crippen molar-refractivity contribution in [1.29, 1.82) is 0 Å². The van der Waals surface area contributed by atoms with Crippen LogP contribution in [0.5, 0.6) is 11.5 Å². The van der Waals surface area contributed by atoms with Crippen molar-refractivity contribution in [3.63, 3.8) is 0 Å². The first-order valence-corrected chi connectivity index (χ1v) is 7.77. The van der Waals surface area contributed by atoms with E-state index in [-0.39, 0.29) is 0 Å². The topological polar surface area (TPSA) is 51.6 Å². The van der Waals surface area contributed by atoms with E-state index < -0.39 is 0 Å². The second kappa shape index (κ2) is 6.54. The Morgan fingerprint density at radius 3 is 2.64 bits per heavy atom. The zero-order valence-electron chi connectivity index (χ0n) is 13.6. The molecule has 0 fully saturated rings. The van der Waals surface area contributed by atoms with Gasteiger partial charge in [0.25, 0.3) is 0 Å². The van der Waals surface area contributed by atoms with E-state index in [0.29, 0.717) is 13.2 Å². The average Bonchev–Trinajstić information content (AvgIpc) is 2.85. The van der Waals surface area contributed by atoms with Gasteiger partial charge in [-0.15, -0.1) is 0 Å². The highest BCUT2D eigenvalue weighted by Gasteiger charge is 2.18. The summed E-state index contributed by atoms with van der Waals surface area (Å²) in [5, 5.41) is 3.19. The third kappa shape index (κ3) is 3.03. The second-order valence-electron chi connectivity index (χ2n) is 5.82. The molecule has 22 heavy (non-hydrogen) atoms. The second-order valence-corrected chi connectivity index (χ2v) is 5.82. The van der Waals surface area contributed by atoms with E-state index >= 15 is 0 Å². The fourth-order valence-electron chi connectivity index (χ4n) is 2.69. The summed E-state index contributed by atoms with van der Waals surface area (Å²) in [6, 6.07) is 4.06. The lowest BCUT2D eigenvalue weighted by atomic mass is 10.2. The minimum atomic E-state index is 0.604. The average molecular weight is 304 g/mol. The lowest BCUT2D eigenvalue weighted by Crippen LogP contribution is -2.21. The number of benzene rings is 1. The van der Waals surface area contributed by atoms with E-state index in [1.165, 1.54) is 0 Å². The molecule has 1 aromatic carbocycles. The zero-order valence-corrected chi connectivity index (χ0v) is 13.6. The molecule has 0 saturated heterocycles. The van der Waals surface area contributed by atoms with Crippen molar-refractivity contribution in [2.45, 2.75) is 13.0 Å². The molecule has 1 aliphatic heterocycles. The van der Waals surface area contributed by atoms with Crippen LogP contribution >= 0.6 is 0 Å². The van der Waals surface area contributed by atoms with E-state index in [9.17, 15) is 0 Å². The summed E-state index contributed by atoms with van der Waals surface area (Å²) in [5.74, 6) is 2.73. The first-order valence-electron chi connectivity index (χ1n) is 7.77. The third-order valence-corrected chi connectivity index (χ3v) is 3.86. The van der Waals surface area contributed by atoms with Crippen LogP contribution in [0.15, 0.2) is 12.1 Å². The van der Waals surface area contributed by atoms with Crippen LogP contribution in [0.1, 0.15) is 5.82 Å². The maximum absolute atomic E-state index is 5.71. The minimum Gasteiger partial charge on any atom is -0.486 e. The molecule has 0 radical (unpaired) electrons. The molecule has 0 unspecified atom stereocenters. The Labute approximate surface area is 131 Å².